The summed E-state index contributed by atoms with van der Waals surface area (Å²) in [6, 6.07) is 0. The molecule has 8 fully saturated rings. The van der Waals surface area contributed by atoms with Crippen molar-refractivity contribution in [2.75, 3.05) is 19.8 Å². The molecule has 486 valence electrons. The molecule has 9 aliphatic rings. The highest BCUT2D eigenvalue weighted by atomic mass is 16.8. The molecule has 31 atom stereocenters. The van der Waals surface area contributed by atoms with Crippen LogP contribution < -0.4 is 0 Å². The molecule has 4 aliphatic heterocycles. The average molecular weight is 1220 g/mol. The largest absolute Gasteiger partial charge is 0.479 e. The van der Waals surface area contributed by atoms with Crippen LogP contribution in [0.25, 0.3) is 0 Å². The lowest BCUT2D eigenvalue weighted by Crippen LogP contribution is -2.74. The third kappa shape index (κ3) is 10.9. The van der Waals surface area contributed by atoms with E-state index < -0.39 is 205 Å². The fourth-order valence-corrected chi connectivity index (χ4v) is 17.3. The van der Waals surface area contributed by atoms with Gasteiger partial charge in [0.2, 0.25) is 0 Å². The van der Waals surface area contributed by atoms with Gasteiger partial charge in [0, 0.05) is 11.0 Å². The van der Waals surface area contributed by atoms with E-state index in [9.17, 15) is 86.2 Å². The lowest BCUT2D eigenvalue weighted by Gasteiger charge is -2.73. The van der Waals surface area contributed by atoms with E-state index >= 15 is 0 Å². The maximum absolute atomic E-state index is 13.2. The van der Waals surface area contributed by atoms with Crippen LogP contribution >= 0.6 is 0 Å². The number of esters is 1. The second-order valence-corrected chi connectivity index (χ2v) is 28.0. The maximum Gasteiger partial charge on any atom is 0.335 e. The monoisotopic (exact) mass is 1220 g/mol. The van der Waals surface area contributed by atoms with Gasteiger partial charge in [-0.1, -0.05) is 66.2 Å². The molecule has 4 saturated heterocycles. The van der Waals surface area contributed by atoms with E-state index in [0.29, 0.717) is 44.1 Å². The van der Waals surface area contributed by atoms with Crippen LogP contribution in [0.15, 0.2) is 23.3 Å². The summed E-state index contributed by atoms with van der Waals surface area (Å²) in [6.07, 6.45) is -35.9. The van der Waals surface area contributed by atoms with Gasteiger partial charge in [-0.15, -0.1) is 0 Å². The van der Waals surface area contributed by atoms with Gasteiger partial charge in [-0.25, -0.2) is 9.59 Å². The summed E-state index contributed by atoms with van der Waals surface area (Å²) in [5.74, 6) is -3.10. The lowest BCUT2D eigenvalue weighted by molar-refractivity contribution is -0.406. The number of carboxylic acid groups (broad SMARTS) is 1. The number of fused-ring (bicyclic) bond motifs is 7. The minimum absolute atomic E-state index is 0.129. The van der Waals surface area contributed by atoms with Crippen molar-refractivity contribution in [1.29, 1.82) is 0 Å². The van der Waals surface area contributed by atoms with Crippen LogP contribution in [0, 0.1) is 50.2 Å². The first-order chi connectivity index (χ1) is 39.6. The number of hydrogen-bond donors (Lipinski definition) is 15. The van der Waals surface area contributed by atoms with Crippen LogP contribution in [-0.4, -0.2) is 256 Å². The van der Waals surface area contributed by atoms with Crippen molar-refractivity contribution in [3.8, 4) is 0 Å². The van der Waals surface area contributed by atoms with E-state index in [1.54, 1.807) is 19.9 Å². The van der Waals surface area contributed by atoms with E-state index in [2.05, 4.69) is 33.8 Å². The predicted molar refractivity (Wildman–Crippen MR) is 289 cm³/mol. The Morgan fingerprint density at radius 2 is 1.19 bits per heavy atom. The number of aliphatic hydroxyl groups excluding tert-OH is 14. The van der Waals surface area contributed by atoms with Crippen molar-refractivity contribution in [2.45, 2.75) is 261 Å². The van der Waals surface area contributed by atoms with Crippen LogP contribution in [0.3, 0.4) is 0 Å². The Balaban J connectivity index is 1.05. The van der Waals surface area contributed by atoms with E-state index in [0.717, 1.165) is 5.57 Å². The Morgan fingerprint density at radius 1 is 0.624 bits per heavy atom. The van der Waals surface area contributed by atoms with Crippen molar-refractivity contribution < 1.29 is 129 Å². The Hall–Kier alpha value is -2.46. The molecule has 0 radical (unpaired) electrons. The molecular weight excluding hydrogens is 1120 g/mol. The summed E-state index contributed by atoms with van der Waals surface area (Å²) < 4.78 is 55.0. The number of carbonyl (C=O) groups excluding carboxylic acids is 1. The topological polar surface area (TPSA) is 421 Å². The molecule has 26 heteroatoms. The Kier molecular flexibility index (Phi) is 19.1. The highest BCUT2D eigenvalue weighted by Gasteiger charge is 2.75. The summed E-state index contributed by atoms with van der Waals surface area (Å²) in [6.45, 7) is 17.1. The summed E-state index contributed by atoms with van der Waals surface area (Å²) >= 11 is 0. The molecule has 0 bridgehead atoms. The summed E-state index contributed by atoms with van der Waals surface area (Å²) in [5.41, 5.74) is -3.59. The van der Waals surface area contributed by atoms with Crippen molar-refractivity contribution >= 4 is 11.9 Å². The molecule has 0 spiro atoms. The van der Waals surface area contributed by atoms with Crippen molar-refractivity contribution in [3.63, 3.8) is 0 Å². The molecule has 85 heavy (non-hydrogen) atoms. The third-order valence-electron chi connectivity index (χ3n) is 22.6. The van der Waals surface area contributed by atoms with Crippen molar-refractivity contribution in [2.24, 2.45) is 50.2 Å². The standard InChI is InChI=1S/C59H94O26/c1-11-23(2)49(76)77-22-59-26(18-54(4,5)19-31(59)62)25-12-13-30-56(8)16-15-32(55(6,7)29(56)14-17-57(30,9)58(25,10)46(72)47(59)73)81-53-45(85-51-40(70)37(67)34(64)27(20-60)79-51)42(41(71)43(83-53)48(74)75)82-52-44(38(68)35(65)28(21-61)80-52)84-50-39(69)36(66)33(63)24(3)78-50/h11-12,24,26-47,50-53,60-73H,13-22H2,1-10H3,(H,74,75)/b23-11+/t24-,26-,27+,28+,29-,30+,31-,32-,33-,34+,35-,36+,37-,38-,39+,40+,41-,42-,43-,44+,45+,46-,47+,50-,51-,52-,53+,56-,57+,58-,59+/m0/s1. The van der Waals surface area contributed by atoms with Crippen LogP contribution in [-0.2, 0) is 52.2 Å². The molecule has 0 aromatic carbocycles. The van der Waals surface area contributed by atoms with Crippen LogP contribution in [0.4, 0.5) is 0 Å². The van der Waals surface area contributed by atoms with Gasteiger partial charge in [0.25, 0.3) is 0 Å². The minimum Gasteiger partial charge on any atom is -0.479 e. The number of aliphatic carboxylic acids is 1. The molecule has 26 nitrogen and oxygen atoms in total. The first-order valence-corrected chi connectivity index (χ1v) is 30.0. The maximum atomic E-state index is 13.2. The van der Waals surface area contributed by atoms with E-state index in [-0.39, 0.29) is 30.3 Å². The number of ether oxygens (including phenoxy) is 9. The normalized spacial score (nSPS) is 52.4. The first kappa shape index (κ1) is 66.9. The number of rotatable bonds is 14. The number of carbonyl (C=O) groups is 2. The molecule has 4 heterocycles. The molecule has 0 unspecified atom stereocenters. The minimum atomic E-state index is -2.29. The lowest BCUT2D eigenvalue weighted by atomic mass is 9.32. The zero-order valence-corrected chi connectivity index (χ0v) is 50.0. The summed E-state index contributed by atoms with van der Waals surface area (Å²) in [7, 11) is 0. The van der Waals surface area contributed by atoms with Gasteiger partial charge in [-0.05, 0) is 105 Å². The molecule has 9 rings (SSSR count). The van der Waals surface area contributed by atoms with Gasteiger partial charge in [0.1, 0.15) is 92.1 Å². The number of allylic oxidation sites excluding steroid dienone is 2. The number of aliphatic hydroxyl groups is 14. The van der Waals surface area contributed by atoms with Gasteiger partial charge in [0.05, 0.1) is 49.1 Å². The van der Waals surface area contributed by atoms with Crippen LogP contribution in [0.1, 0.15) is 114 Å². The zero-order valence-electron chi connectivity index (χ0n) is 50.0. The molecule has 0 aromatic rings. The molecular formula is C59H94O26. The van der Waals surface area contributed by atoms with Crippen molar-refractivity contribution in [1.82, 2.24) is 0 Å². The SMILES string of the molecule is C/C=C(\C)C(=O)OC[C@@]12[C@H](O)[C@H](O)[C@]3(C)C(=CC[C@@H]4[C@@]5(C)CC[C@H](O[C@@H]6O[C@H](C(=O)O)[C@@H](O)[C@H](O[C@@H]7O[C@H](CO)[C@H](O)[C@H](O)[C@H]7O[C@@H]7O[C@@H](C)[C@H](O)[C@@H](O)[C@H]7O)[C@H]6O[C@@H]6O[C@H](CO)[C@@H](O)[C@H](O)[C@H]6O)C(C)(C)[C@@H]5CC[C@]43C)[C@@H]1CC(C)(C)C[C@@H]2O. The van der Waals surface area contributed by atoms with Crippen molar-refractivity contribution in [3.05, 3.63) is 23.3 Å². The molecule has 5 aliphatic carbocycles. The van der Waals surface area contributed by atoms with Gasteiger partial charge in [-0.3, -0.25) is 0 Å². The van der Waals surface area contributed by atoms with Gasteiger partial charge >= 0.3 is 11.9 Å². The Morgan fingerprint density at radius 3 is 1.80 bits per heavy atom. The second-order valence-electron chi connectivity index (χ2n) is 28.0. The van der Waals surface area contributed by atoms with E-state index in [1.165, 1.54) is 6.92 Å². The molecule has 15 N–H and O–H groups in total. The van der Waals surface area contributed by atoms with Gasteiger partial charge in [0.15, 0.2) is 31.3 Å². The predicted octanol–water partition coefficient (Wildman–Crippen LogP) is -2.01. The molecule has 4 saturated carbocycles. The average Bonchev–Trinajstić information content (AvgIpc) is 0.698. The van der Waals surface area contributed by atoms with Crippen LogP contribution in [0.2, 0.25) is 0 Å². The second kappa shape index (κ2) is 24.3. The summed E-state index contributed by atoms with van der Waals surface area (Å²) in [4.78, 5) is 26.4. The van der Waals surface area contributed by atoms with E-state index in [1.807, 2.05) is 20.8 Å². The van der Waals surface area contributed by atoms with Gasteiger partial charge < -0.3 is 119 Å². The fraction of sp³-hybridized carbons (Fsp3) is 0.898. The van der Waals surface area contributed by atoms with E-state index in [4.69, 9.17) is 42.6 Å². The number of carboxylic acids is 1. The highest BCUT2D eigenvalue weighted by molar-refractivity contribution is 5.87. The molecule has 0 aromatic heterocycles. The highest BCUT2D eigenvalue weighted by Crippen LogP contribution is 2.76. The Labute approximate surface area is 494 Å². The fourth-order valence-electron chi connectivity index (χ4n) is 17.3. The quantitative estimate of drug-likeness (QED) is 0.0387. The Bertz CT molecular complexity index is 2460. The van der Waals surface area contributed by atoms with Crippen LogP contribution in [0.5, 0.6) is 0 Å². The summed E-state index contributed by atoms with van der Waals surface area (Å²) in [5, 5.41) is 169. The first-order valence-electron chi connectivity index (χ1n) is 30.0. The molecule has 0 amide bonds. The third-order valence-corrected chi connectivity index (χ3v) is 22.6. The smallest absolute Gasteiger partial charge is 0.335 e. The van der Waals surface area contributed by atoms with Gasteiger partial charge in [-0.2, -0.15) is 0 Å². The number of hydrogen-bond acceptors (Lipinski definition) is 25. The zero-order chi connectivity index (χ0) is 62.7.